The predicted molar refractivity (Wildman–Crippen MR) is 54.6 cm³/mol. The number of hydrogen-bond acceptors (Lipinski definition) is 3. The van der Waals surface area contributed by atoms with Gasteiger partial charge in [-0.15, -0.1) is 0 Å². The summed E-state index contributed by atoms with van der Waals surface area (Å²) in [5, 5.41) is 3.25. The minimum Gasteiger partial charge on any atom is -0.427 e. The summed E-state index contributed by atoms with van der Waals surface area (Å²) in [6.45, 7) is 2.76. The fraction of sp³-hybridized carbons (Fsp3) is 0.364. The molecule has 0 fully saturated rings. The van der Waals surface area contributed by atoms with E-state index in [0.29, 0.717) is 12.2 Å². The molecule has 0 radical (unpaired) electrons. The highest BCUT2D eigenvalue weighted by atomic mass is 16.5. The van der Waals surface area contributed by atoms with Crippen LogP contribution in [-0.4, -0.2) is 12.5 Å². The number of benzene rings is 1. The SMILES string of the molecule is CCC(=O)Oc1ccc2c(c1)CCN2. The van der Waals surface area contributed by atoms with Crippen LogP contribution in [0.4, 0.5) is 5.69 Å². The Morgan fingerprint density at radius 1 is 1.57 bits per heavy atom. The van der Waals surface area contributed by atoms with Crippen molar-refractivity contribution >= 4 is 11.7 Å². The first-order valence-electron chi connectivity index (χ1n) is 4.87. The number of carbonyl (C=O) groups is 1. The zero-order valence-electron chi connectivity index (χ0n) is 8.17. The number of carbonyl (C=O) groups excluding carboxylic acids is 1. The first-order valence-corrected chi connectivity index (χ1v) is 4.87. The third kappa shape index (κ3) is 1.71. The van der Waals surface area contributed by atoms with E-state index >= 15 is 0 Å². The van der Waals surface area contributed by atoms with E-state index in [-0.39, 0.29) is 5.97 Å². The third-order valence-electron chi connectivity index (χ3n) is 2.31. The Hall–Kier alpha value is -1.51. The van der Waals surface area contributed by atoms with E-state index in [1.807, 2.05) is 18.2 Å². The Labute approximate surface area is 83.1 Å². The van der Waals surface area contributed by atoms with Crippen LogP contribution in [0.25, 0.3) is 0 Å². The lowest BCUT2D eigenvalue weighted by atomic mass is 10.1. The van der Waals surface area contributed by atoms with Gasteiger partial charge in [-0.3, -0.25) is 4.79 Å². The van der Waals surface area contributed by atoms with E-state index in [2.05, 4.69) is 5.32 Å². The Bertz CT molecular complexity index is 360. The summed E-state index contributed by atoms with van der Waals surface area (Å²) in [7, 11) is 0. The maximum absolute atomic E-state index is 11.0. The molecule has 2 rings (SSSR count). The van der Waals surface area contributed by atoms with Gasteiger partial charge in [0.2, 0.25) is 0 Å². The molecule has 74 valence electrons. The number of esters is 1. The second-order valence-electron chi connectivity index (χ2n) is 3.32. The molecule has 0 saturated heterocycles. The molecule has 0 aliphatic carbocycles. The van der Waals surface area contributed by atoms with Gasteiger partial charge >= 0.3 is 5.97 Å². The largest absolute Gasteiger partial charge is 0.427 e. The molecule has 1 aliphatic rings. The van der Waals surface area contributed by atoms with Crippen LogP contribution in [0.1, 0.15) is 18.9 Å². The molecule has 1 aliphatic heterocycles. The topological polar surface area (TPSA) is 38.3 Å². The van der Waals surface area contributed by atoms with Gasteiger partial charge in [-0.1, -0.05) is 6.92 Å². The second-order valence-corrected chi connectivity index (χ2v) is 3.32. The molecular weight excluding hydrogens is 178 g/mol. The maximum atomic E-state index is 11.0. The van der Waals surface area contributed by atoms with E-state index in [0.717, 1.165) is 18.7 Å². The predicted octanol–water partition coefficient (Wildman–Crippen LogP) is 1.97. The van der Waals surface area contributed by atoms with Gasteiger partial charge in [0.05, 0.1) is 0 Å². The second kappa shape index (κ2) is 3.70. The number of rotatable bonds is 2. The zero-order valence-corrected chi connectivity index (χ0v) is 8.17. The van der Waals surface area contributed by atoms with Crippen molar-refractivity contribution in [1.29, 1.82) is 0 Å². The summed E-state index contributed by atoms with van der Waals surface area (Å²) in [6.07, 6.45) is 1.42. The van der Waals surface area contributed by atoms with Crippen LogP contribution in [0.2, 0.25) is 0 Å². The first-order chi connectivity index (χ1) is 6.79. The highest BCUT2D eigenvalue weighted by Crippen LogP contribution is 2.26. The normalized spacial score (nSPS) is 13.2. The van der Waals surface area contributed by atoms with Crippen LogP contribution in [0.3, 0.4) is 0 Å². The van der Waals surface area contributed by atoms with Crippen LogP contribution < -0.4 is 10.1 Å². The van der Waals surface area contributed by atoms with E-state index in [9.17, 15) is 4.79 Å². The van der Waals surface area contributed by atoms with Crippen molar-refractivity contribution in [1.82, 2.24) is 0 Å². The average molecular weight is 191 g/mol. The Morgan fingerprint density at radius 3 is 3.21 bits per heavy atom. The van der Waals surface area contributed by atoms with Crippen molar-refractivity contribution in [2.75, 3.05) is 11.9 Å². The van der Waals surface area contributed by atoms with Gasteiger partial charge < -0.3 is 10.1 Å². The monoisotopic (exact) mass is 191 g/mol. The van der Waals surface area contributed by atoms with Gasteiger partial charge in [-0.2, -0.15) is 0 Å². The van der Waals surface area contributed by atoms with Crippen molar-refractivity contribution in [3.8, 4) is 5.75 Å². The summed E-state index contributed by atoms with van der Waals surface area (Å²) in [5.74, 6) is 0.468. The van der Waals surface area contributed by atoms with Crippen LogP contribution in [0, 0.1) is 0 Å². The molecule has 0 aromatic heterocycles. The third-order valence-corrected chi connectivity index (χ3v) is 2.31. The Morgan fingerprint density at radius 2 is 2.43 bits per heavy atom. The van der Waals surface area contributed by atoms with Crippen molar-refractivity contribution in [3.05, 3.63) is 23.8 Å². The van der Waals surface area contributed by atoms with Gasteiger partial charge in [-0.05, 0) is 30.2 Å². The highest BCUT2D eigenvalue weighted by molar-refractivity contribution is 5.72. The number of anilines is 1. The zero-order chi connectivity index (χ0) is 9.97. The Kier molecular flexibility index (Phi) is 2.39. The summed E-state index contributed by atoms with van der Waals surface area (Å²) in [6, 6.07) is 5.72. The van der Waals surface area contributed by atoms with Gasteiger partial charge in [0.25, 0.3) is 0 Å². The first kappa shape index (κ1) is 9.06. The fourth-order valence-electron chi connectivity index (χ4n) is 1.55. The molecule has 0 atom stereocenters. The lowest BCUT2D eigenvalue weighted by molar-refractivity contribution is -0.134. The van der Waals surface area contributed by atoms with E-state index in [1.165, 1.54) is 5.56 Å². The summed E-state index contributed by atoms with van der Waals surface area (Å²) in [5.41, 5.74) is 2.38. The quantitative estimate of drug-likeness (QED) is 0.573. The number of fused-ring (bicyclic) bond motifs is 1. The lowest BCUT2D eigenvalue weighted by Crippen LogP contribution is -2.05. The fourth-order valence-corrected chi connectivity index (χ4v) is 1.55. The van der Waals surface area contributed by atoms with Crippen molar-refractivity contribution in [2.24, 2.45) is 0 Å². The summed E-state index contributed by atoms with van der Waals surface area (Å²) < 4.78 is 5.12. The molecule has 3 nitrogen and oxygen atoms in total. The number of ether oxygens (including phenoxy) is 1. The molecule has 0 amide bonds. The minimum atomic E-state index is -0.184. The van der Waals surface area contributed by atoms with Gasteiger partial charge in [0.1, 0.15) is 5.75 Å². The van der Waals surface area contributed by atoms with Crippen LogP contribution in [0.5, 0.6) is 5.75 Å². The maximum Gasteiger partial charge on any atom is 0.310 e. The van der Waals surface area contributed by atoms with Crippen LogP contribution >= 0.6 is 0 Å². The van der Waals surface area contributed by atoms with E-state index in [4.69, 9.17) is 4.74 Å². The van der Waals surface area contributed by atoms with E-state index in [1.54, 1.807) is 6.92 Å². The van der Waals surface area contributed by atoms with Crippen molar-refractivity contribution < 1.29 is 9.53 Å². The minimum absolute atomic E-state index is 0.184. The average Bonchev–Trinajstić information content (AvgIpc) is 2.64. The van der Waals surface area contributed by atoms with E-state index < -0.39 is 0 Å². The molecule has 3 heteroatoms. The van der Waals surface area contributed by atoms with Crippen molar-refractivity contribution in [2.45, 2.75) is 19.8 Å². The molecule has 1 heterocycles. The summed E-state index contributed by atoms with van der Waals surface area (Å²) >= 11 is 0. The molecule has 1 aromatic carbocycles. The lowest BCUT2D eigenvalue weighted by Gasteiger charge is -2.04. The number of nitrogens with one attached hydrogen (secondary N) is 1. The smallest absolute Gasteiger partial charge is 0.310 e. The molecule has 0 spiro atoms. The van der Waals surface area contributed by atoms with Crippen molar-refractivity contribution in [3.63, 3.8) is 0 Å². The standard InChI is InChI=1S/C11H13NO2/c1-2-11(13)14-9-3-4-10-8(7-9)5-6-12-10/h3-4,7,12H,2,5-6H2,1H3. The van der Waals surface area contributed by atoms with Crippen LogP contribution in [0.15, 0.2) is 18.2 Å². The molecule has 0 bridgehead atoms. The number of hydrogen-bond donors (Lipinski definition) is 1. The summed E-state index contributed by atoms with van der Waals surface area (Å²) in [4.78, 5) is 11.0. The molecular formula is C11H13NO2. The Balaban J connectivity index is 2.16. The molecule has 0 saturated carbocycles. The molecule has 1 N–H and O–H groups in total. The van der Waals surface area contributed by atoms with Gasteiger partial charge in [0.15, 0.2) is 0 Å². The highest BCUT2D eigenvalue weighted by Gasteiger charge is 2.11. The molecule has 0 unspecified atom stereocenters. The van der Waals surface area contributed by atoms with Crippen LogP contribution in [-0.2, 0) is 11.2 Å². The molecule has 14 heavy (non-hydrogen) atoms. The van der Waals surface area contributed by atoms with Gasteiger partial charge in [-0.25, -0.2) is 0 Å². The molecule has 1 aromatic rings. The van der Waals surface area contributed by atoms with Gasteiger partial charge in [0, 0.05) is 18.7 Å².